The first-order chi connectivity index (χ1) is 9.29. The SMILES string of the molecule is CCOC(=O)N1C2CCC1C(=Cc1cccnc1)C2. The Morgan fingerprint density at radius 1 is 1.58 bits per heavy atom. The average molecular weight is 258 g/mol. The third-order valence-electron chi connectivity index (χ3n) is 3.92. The van der Waals surface area contributed by atoms with Gasteiger partial charge in [0.15, 0.2) is 0 Å². The first-order valence-electron chi connectivity index (χ1n) is 6.85. The minimum absolute atomic E-state index is 0.162. The van der Waals surface area contributed by atoms with Crippen molar-refractivity contribution in [2.45, 2.75) is 38.3 Å². The number of pyridine rings is 1. The lowest BCUT2D eigenvalue weighted by molar-refractivity contribution is 0.103. The van der Waals surface area contributed by atoms with Crippen LogP contribution in [0, 0.1) is 0 Å². The van der Waals surface area contributed by atoms with Crippen LogP contribution >= 0.6 is 0 Å². The number of carbonyl (C=O) groups excluding carboxylic acids is 1. The van der Waals surface area contributed by atoms with Crippen molar-refractivity contribution in [1.82, 2.24) is 9.88 Å². The van der Waals surface area contributed by atoms with Crippen LogP contribution in [0.25, 0.3) is 6.08 Å². The van der Waals surface area contributed by atoms with Gasteiger partial charge < -0.3 is 4.74 Å². The van der Waals surface area contributed by atoms with Crippen LogP contribution in [0.2, 0.25) is 0 Å². The lowest BCUT2D eigenvalue weighted by Gasteiger charge is -2.20. The van der Waals surface area contributed by atoms with Gasteiger partial charge in [-0.15, -0.1) is 0 Å². The van der Waals surface area contributed by atoms with E-state index in [1.54, 1.807) is 6.20 Å². The molecule has 2 unspecified atom stereocenters. The van der Waals surface area contributed by atoms with Gasteiger partial charge in [0.1, 0.15) is 0 Å². The monoisotopic (exact) mass is 258 g/mol. The highest BCUT2D eigenvalue weighted by molar-refractivity contribution is 5.72. The predicted molar refractivity (Wildman–Crippen MR) is 72.5 cm³/mol. The zero-order chi connectivity index (χ0) is 13.2. The van der Waals surface area contributed by atoms with Crippen molar-refractivity contribution in [3.8, 4) is 0 Å². The van der Waals surface area contributed by atoms with Gasteiger partial charge in [-0.1, -0.05) is 12.1 Å². The number of carbonyl (C=O) groups is 1. The number of nitrogens with zero attached hydrogens (tertiary/aromatic N) is 2. The Morgan fingerprint density at radius 3 is 3.21 bits per heavy atom. The van der Waals surface area contributed by atoms with Gasteiger partial charge in [0.05, 0.1) is 12.6 Å². The molecule has 2 atom stereocenters. The largest absolute Gasteiger partial charge is 0.450 e. The fourth-order valence-electron chi connectivity index (χ4n) is 3.16. The second-order valence-corrected chi connectivity index (χ2v) is 5.06. The van der Waals surface area contributed by atoms with Crippen molar-refractivity contribution in [2.75, 3.05) is 6.61 Å². The molecular weight excluding hydrogens is 240 g/mol. The molecule has 0 N–H and O–H groups in total. The van der Waals surface area contributed by atoms with Crippen LogP contribution in [0.1, 0.15) is 31.7 Å². The Bertz CT molecular complexity index is 498. The van der Waals surface area contributed by atoms with Crippen molar-refractivity contribution in [3.63, 3.8) is 0 Å². The molecule has 0 radical (unpaired) electrons. The Balaban J connectivity index is 1.81. The van der Waals surface area contributed by atoms with E-state index in [2.05, 4.69) is 11.1 Å². The summed E-state index contributed by atoms with van der Waals surface area (Å²) in [5.74, 6) is 0. The molecule has 4 heteroatoms. The average Bonchev–Trinajstić information content (AvgIpc) is 2.97. The van der Waals surface area contributed by atoms with Crippen LogP contribution < -0.4 is 0 Å². The third kappa shape index (κ3) is 2.23. The zero-order valence-corrected chi connectivity index (χ0v) is 11.1. The normalized spacial score (nSPS) is 27.0. The molecule has 0 spiro atoms. The number of hydrogen-bond donors (Lipinski definition) is 0. The van der Waals surface area contributed by atoms with Crippen LogP contribution in [0.15, 0.2) is 30.1 Å². The lowest BCUT2D eigenvalue weighted by Crippen LogP contribution is -2.35. The topological polar surface area (TPSA) is 42.4 Å². The molecule has 19 heavy (non-hydrogen) atoms. The van der Waals surface area contributed by atoms with Crippen LogP contribution in [-0.2, 0) is 4.74 Å². The van der Waals surface area contributed by atoms with Crippen LogP contribution in [0.5, 0.6) is 0 Å². The summed E-state index contributed by atoms with van der Waals surface area (Å²) in [6.45, 7) is 2.29. The van der Waals surface area contributed by atoms with Gasteiger partial charge in [0.2, 0.25) is 0 Å². The van der Waals surface area contributed by atoms with Gasteiger partial charge in [0.25, 0.3) is 0 Å². The van der Waals surface area contributed by atoms with E-state index in [1.807, 2.05) is 30.2 Å². The summed E-state index contributed by atoms with van der Waals surface area (Å²) in [5.41, 5.74) is 2.44. The van der Waals surface area contributed by atoms with Crippen molar-refractivity contribution in [2.24, 2.45) is 0 Å². The summed E-state index contributed by atoms with van der Waals surface area (Å²) < 4.78 is 5.15. The minimum atomic E-state index is -0.162. The number of fused-ring (bicyclic) bond motifs is 2. The van der Waals surface area contributed by atoms with E-state index in [4.69, 9.17) is 4.74 Å². The quantitative estimate of drug-likeness (QED) is 0.819. The van der Waals surface area contributed by atoms with Crippen molar-refractivity contribution in [3.05, 3.63) is 35.7 Å². The Morgan fingerprint density at radius 2 is 2.47 bits per heavy atom. The molecule has 4 nitrogen and oxygen atoms in total. The molecule has 1 aromatic heterocycles. The van der Waals surface area contributed by atoms with Gasteiger partial charge in [-0.3, -0.25) is 9.88 Å². The van der Waals surface area contributed by atoms with E-state index in [0.717, 1.165) is 24.8 Å². The number of hydrogen-bond acceptors (Lipinski definition) is 3. The van der Waals surface area contributed by atoms with E-state index in [9.17, 15) is 4.79 Å². The molecule has 100 valence electrons. The summed E-state index contributed by atoms with van der Waals surface area (Å²) in [4.78, 5) is 18.0. The van der Waals surface area contributed by atoms with Crippen LogP contribution in [0.3, 0.4) is 0 Å². The molecule has 3 heterocycles. The predicted octanol–water partition coefficient (Wildman–Crippen LogP) is 2.86. The number of ether oxygens (including phenoxy) is 1. The van der Waals surface area contributed by atoms with E-state index in [-0.39, 0.29) is 12.1 Å². The van der Waals surface area contributed by atoms with Gasteiger partial charge in [-0.25, -0.2) is 4.79 Å². The Hall–Kier alpha value is -1.84. The molecule has 0 aliphatic carbocycles. The second kappa shape index (κ2) is 5.03. The number of amides is 1. The first kappa shape index (κ1) is 12.2. The lowest BCUT2D eigenvalue weighted by atomic mass is 9.93. The summed E-state index contributed by atoms with van der Waals surface area (Å²) in [7, 11) is 0. The molecule has 2 fully saturated rings. The third-order valence-corrected chi connectivity index (χ3v) is 3.92. The number of rotatable bonds is 2. The minimum Gasteiger partial charge on any atom is -0.450 e. The van der Waals surface area contributed by atoms with Crippen LogP contribution in [-0.4, -0.2) is 34.7 Å². The molecule has 0 aromatic carbocycles. The molecule has 2 saturated heterocycles. The zero-order valence-electron chi connectivity index (χ0n) is 11.1. The first-order valence-corrected chi connectivity index (χ1v) is 6.85. The molecular formula is C15H18N2O2. The molecule has 0 saturated carbocycles. The molecule has 1 aromatic rings. The van der Waals surface area contributed by atoms with Crippen molar-refractivity contribution in [1.29, 1.82) is 0 Å². The highest BCUT2D eigenvalue weighted by Crippen LogP contribution is 2.42. The second-order valence-electron chi connectivity index (χ2n) is 5.06. The molecule has 1 amide bonds. The van der Waals surface area contributed by atoms with Crippen molar-refractivity contribution < 1.29 is 9.53 Å². The Labute approximate surface area is 113 Å². The summed E-state index contributed by atoms with van der Waals surface area (Å²) in [6.07, 6.45) is 8.75. The maximum atomic E-state index is 12.0. The Kier molecular flexibility index (Phi) is 3.23. The summed E-state index contributed by atoms with van der Waals surface area (Å²) in [5, 5.41) is 0. The fourth-order valence-corrected chi connectivity index (χ4v) is 3.16. The molecule has 2 bridgehead atoms. The van der Waals surface area contributed by atoms with Gasteiger partial charge >= 0.3 is 6.09 Å². The van der Waals surface area contributed by atoms with Gasteiger partial charge in [0, 0.05) is 18.4 Å². The maximum absolute atomic E-state index is 12.0. The maximum Gasteiger partial charge on any atom is 0.410 e. The highest BCUT2D eigenvalue weighted by atomic mass is 16.6. The van der Waals surface area contributed by atoms with Gasteiger partial charge in [-0.2, -0.15) is 0 Å². The standard InChI is InChI=1S/C15H18N2O2/c1-2-19-15(18)17-13-5-6-14(17)12(9-13)8-11-4-3-7-16-10-11/h3-4,7-8,10,13-14H,2,5-6,9H2,1H3. The highest BCUT2D eigenvalue weighted by Gasteiger charge is 2.46. The summed E-state index contributed by atoms with van der Waals surface area (Å²) >= 11 is 0. The smallest absolute Gasteiger partial charge is 0.410 e. The molecule has 2 aliphatic rings. The van der Waals surface area contributed by atoms with E-state index < -0.39 is 0 Å². The summed E-state index contributed by atoms with van der Waals surface area (Å²) in [6, 6.07) is 4.53. The fraction of sp³-hybridized carbons (Fsp3) is 0.467. The molecule has 2 aliphatic heterocycles. The van der Waals surface area contributed by atoms with E-state index in [0.29, 0.717) is 12.6 Å². The number of aromatic nitrogens is 1. The van der Waals surface area contributed by atoms with Crippen LogP contribution in [0.4, 0.5) is 4.79 Å². The van der Waals surface area contributed by atoms with Gasteiger partial charge in [-0.05, 0) is 43.4 Å². The van der Waals surface area contributed by atoms with E-state index >= 15 is 0 Å². The molecule has 3 rings (SSSR count). The van der Waals surface area contributed by atoms with Crippen molar-refractivity contribution >= 4 is 12.2 Å². The van der Waals surface area contributed by atoms with E-state index in [1.165, 1.54) is 5.57 Å².